The topological polar surface area (TPSA) is 20.3 Å². The Balaban J connectivity index is 2.25. The summed E-state index contributed by atoms with van der Waals surface area (Å²) in [4.78, 5) is 13.4. The second-order valence-corrected chi connectivity index (χ2v) is 5.96. The lowest BCUT2D eigenvalue weighted by molar-refractivity contribution is -0.118. The molecular formula is C15H20ClNO. The van der Waals surface area contributed by atoms with Crippen molar-refractivity contribution in [3.8, 4) is 0 Å². The van der Waals surface area contributed by atoms with E-state index in [9.17, 15) is 4.79 Å². The Morgan fingerprint density at radius 3 is 2.72 bits per heavy atom. The number of rotatable bonds is 3. The number of anilines is 1. The van der Waals surface area contributed by atoms with Crippen molar-refractivity contribution >= 4 is 23.2 Å². The van der Waals surface area contributed by atoms with Gasteiger partial charge in [-0.05, 0) is 36.0 Å². The van der Waals surface area contributed by atoms with Crippen LogP contribution in [0.2, 0.25) is 0 Å². The van der Waals surface area contributed by atoms with Crippen LogP contribution in [0.1, 0.15) is 43.2 Å². The molecule has 1 heterocycles. The SMILES string of the molecule is CC(C)CC(Cl)c1ccc2c(c1)CCC(=O)N2C. The van der Waals surface area contributed by atoms with E-state index >= 15 is 0 Å². The smallest absolute Gasteiger partial charge is 0.227 e. The average molecular weight is 266 g/mol. The summed E-state index contributed by atoms with van der Waals surface area (Å²) >= 11 is 6.43. The van der Waals surface area contributed by atoms with Crippen molar-refractivity contribution in [2.24, 2.45) is 5.92 Å². The second-order valence-electron chi connectivity index (χ2n) is 5.44. The molecule has 1 aliphatic rings. The molecule has 98 valence electrons. The Labute approximate surface area is 114 Å². The zero-order chi connectivity index (χ0) is 13.3. The van der Waals surface area contributed by atoms with Crippen molar-refractivity contribution in [1.29, 1.82) is 0 Å². The quantitative estimate of drug-likeness (QED) is 0.759. The number of nitrogens with zero attached hydrogens (tertiary/aromatic N) is 1. The largest absolute Gasteiger partial charge is 0.315 e. The summed E-state index contributed by atoms with van der Waals surface area (Å²) in [5.74, 6) is 0.785. The van der Waals surface area contributed by atoms with E-state index in [4.69, 9.17) is 11.6 Å². The molecule has 2 nitrogen and oxygen atoms in total. The molecule has 2 rings (SSSR count). The molecule has 0 spiro atoms. The van der Waals surface area contributed by atoms with E-state index in [1.807, 2.05) is 19.2 Å². The zero-order valence-electron chi connectivity index (χ0n) is 11.2. The van der Waals surface area contributed by atoms with Crippen LogP contribution in [0.5, 0.6) is 0 Å². The first-order chi connectivity index (χ1) is 8.49. The maximum absolute atomic E-state index is 11.6. The second kappa shape index (κ2) is 5.31. The highest BCUT2D eigenvalue weighted by Crippen LogP contribution is 2.33. The number of hydrogen-bond donors (Lipinski definition) is 0. The van der Waals surface area contributed by atoms with Gasteiger partial charge in [-0.1, -0.05) is 26.0 Å². The van der Waals surface area contributed by atoms with Crippen molar-refractivity contribution in [2.75, 3.05) is 11.9 Å². The molecule has 0 saturated heterocycles. The number of aryl methyl sites for hydroxylation is 1. The molecule has 1 aromatic rings. The maximum atomic E-state index is 11.6. The molecule has 1 atom stereocenters. The van der Waals surface area contributed by atoms with Crippen molar-refractivity contribution < 1.29 is 4.79 Å². The minimum absolute atomic E-state index is 0.0678. The average Bonchev–Trinajstić information content (AvgIpc) is 2.32. The van der Waals surface area contributed by atoms with E-state index in [0.29, 0.717) is 12.3 Å². The highest BCUT2D eigenvalue weighted by Gasteiger charge is 2.22. The molecule has 1 amide bonds. The molecule has 1 aliphatic heterocycles. The summed E-state index contributed by atoms with van der Waals surface area (Å²) in [6.07, 6.45) is 2.41. The third kappa shape index (κ3) is 2.69. The van der Waals surface area contributed by atoms with Crippen molar-refractivity contribution in [2.45, 2.75) is 38.5 Å². The number of halogens is 1. The van der Waals surface area contributed by atoms with E-state index in [1.165, 1.54) is 11.1 Å². The fraction of sp³-hybridized carbons (Fsp3) is 0.533. The first-order valence-corrected chi connectivity index (χ1v) is 6.96. The van der Waals surface area contributed by atoms with E-state index in [-0.39, 0.29) is 11.3 Å². The van der Waals surface area contributed by atoms with Gasteiger partial charge < -0.3 is 4.90 Å². The van der Waals surface area contributed by atoms with Gasteiger partial charge in [0.25, 0.3) is 0 Å². The third-order valence-corrected chi connectivity index (χ3v) is 3.92. The lowest BCUT2D eigenvalue weighted by Crippen LogP contribution is -2.31. The predicted molar refractivity (Wildman–Crippen MR) is 76.2 cm³/mol. The summed E-state index contributed by atoms with van der Waals surface area (Å²) in [7, 11) is 1.84. The van der Waals surface area contributed by atoms with Crippen LogP contribution in [0.4, 0.5) is 5.69 Å². The Morgan fingerprint density at radius 2 is 2.06 bits per heavy atom. The molecule has 18 heavy (non-hydrogen) atoms. The zero-order valence-corrected chi connectivity index (χ0v) is 12.0. The van der Waals surface area contributed by atoms with Gasteiger partial charge in [0.1, 0.15) is 0 Å². The fourth-order valence-electron chi connectivity index (χ4n) is 2.42. The molecule has 0 bridgehead atoms. The molecular weight excluding hydrogens is 246 g/mol. The van der Waals surface area contributed by atoms with Gasteiger partial charge in [-0.15, -0.1) is 11.6 Å². The number of hydrogen-bond acceptors (Lipinski definition) is 1. The van der Waals surface area contributed by atoms with Crippen LogP contribution < -0.4 is 4.90 Å². The van der Waals surface area contributed by atoms with E-state index in [1.54, 1.807) is 4.90 Å². The van der Waals surface area contributed by atoms with Gasteiger partial charge in [0.15, 0.2) is 0 Å². The number of benzene rings is 1. The minimum Gasteiger partial charge on any atom is -0.315 e. The van der Waals surface area contributed by atoms with Crippen LogP contribution in [0, 0.1) is 5.92 Å². The highest BCUT2D eigenvalue weighted by atomic mass is 35.5. The van der Waals surface area contributed by atoms with E-state index < -0.39 is 0 Å². The van der Waals surface area contributed by atoms with Gasteiger partial charge in [-0.25, -0.2) is 0 Å². The Kier molecular flexibility index (Phi) is 3.96. The first kappa shape index (κ1) is 13.4. The summed E-state index contributed by atoms with van der Waals surface area (Å²) in [6.45, 7) is 4.36. The Hall–Kier alpha value is -1.02. The lowest BCUT2D eigenvalue weighted by Gasteiger charge is -2.26. The molecule has 0 aliphatic carbocycles. The Bertz CT molecular complexity index is 456. The van der Waals surface area contributed by atoms with Gasteiger partial charge in [0, 0.05) is 19.2 Å². The minimum atomic E-state index is 0.0678. The number of amides is 1. The van der Waals surface area contributed by atoms with Crippen LogP contribution in [0.3, 0.4) is 0 Å². The lowest BCUT2D eigenvalue weighted by atomic mass is 9.95. The summed E-state index contributed by atoms with van der Waals surface area (Å²) in [5.41, 5.74) is 3.44. The normalized spacial score (nSPS) is 16.9. The van der Waals surface area contributed by atoms with E-state index in [0.717, 1.165) is 18.5 Å². The standard InChI is InChI=1S/C15H20ClNO/c1-10(2)8-13(16)11-4-6-14-12(9-11)5-7-15(18)17(14)3/h4,6,9-10,13H,5,7-8H2,1-3H3. The van der Waals surface area contributed by atoms with Crippen LogP contribution in [0.15, 0.2) is 18.2 Å². The van der Waals surface area contributed by atoms with Crippen molar-refractivity contribution in [1.82, 2.24) is 0 Å². The maximum Gasteiger partial charge on any atom is 0.227 e. The monoisotopic (exact) mass is 265 g/mol. The van der Waals surface area contributed by atoms with E-state index in [2.05, 4.69) is 19.9 Å². The Morgan fingerprint density at radius 1 is 1.33 bits per heavy atom. The first-order valence-electron chi connectivity index (χ1n) is 6.52. The predicted octanol–water partition coefficient (Wildman–Crippen LogP) is 3.92. The third-order valence-electron chi connectivity index (χ3n) is 3.49. The van der Waals surface area contributed by atoms with Gasteiger partial charge in [0.2, 0.25) is 5.91 Å². The molecule has 0 N–H and O–H groups in total. The van der Waals surface area contributed by atoms with Gasteiger partial charge in [-0.2, -0.15) is 0 Å². The molecule has 0 radical (unpaired) electrons. The fourth-order valence-corrected chi connectivity index (χ4v) is 2.91. The summed E-state index contributed by atoms with van der Waals surface area (Å²) < 4.78 is 0. The molecule has 1 unspecified atom stereocenters. The highest BCUT2D eigenvalue weighted by molar-refractivity contribution is 6.20. The molecule has 1 aromatic carbocycles. The number of carbonyl (C=O) groups excluding carboxylic acids is 1. The summed E-state index contributed by atoms with van der Waals surface area (Å²) in [5, 5.41) is 0.0678. The molecule has 0 saturated carbocycles. The van der Waals surface area contributed by atoms with Gasteiger partial charge in [0.05, 0.1) is 5.38 Å². The molecule has 0 fully saturated rings. The van der Waals surface area contributed by atoms with Crippen LogP contribution in [-0.2, 0) is 11.2 Å². The van der Waals surface area contributed by atoms with Crippen molar-refractivity contribution in [3.05, 3.63) is 29.3 Å². The van der Waals surface area contributed by atoms with Gasteiger partial charge >= 0.3 is 0 Å². The molecule has 3 heteroatoms. The number of fused-ring (bicyclic) bond motifs is 1. The summed E-state index contributed by atoms with van der Waals surface area (Å²) in [6, 6.07) is 6.24. The van der Waals surface area contributed by atoms with Gasteiger partial charge in [-0.3, -0.25) is 4.79 Å². The van der Waals surface area contributed by atoms with Crippen LogP contribution in [0.25, 0.3) is 0 Å². The number of carbonyl (C=O) groups is 1. The van der Waals surface area contributed by atoms with Crippen LogP contribution >= 0.6 is 11.6 Å². The van der Waals surface area contributed by atoms with Crippen molar-refractivity contribution in [3.63, 3.8) is 0 Å². The van der Waals surface area contributed by atoms with Crippen LogP contribution in [-0.4, -0.2) is 13.0 Å². The number of alkyl halides is 1. The molecule has 0 aromatic heterocycles.